The van der Waals surface area contributed by atoms with Crippen molar-refractivity contribution in [2.24, 2.45) is 0 Å². The Hall–Kier alpha value is -1.36. The highest BCUT2D eigenvalue weighted by molar-refractivity contribution is 7.12. The zero-order valence-corrected chi connectivity index (χ0v) is 8.47. The van der Waals surface area contributed by atoms with E-state index < -0.39 is 12.0 Å². The van der Waals surface area contributed by atoms with Gasteiger partial charge in [0.05, 0.1) is 16.9 Å². The number of thiophene rings is 1. The number of carbonyl (C=O) groups excluding carboxylic acids is 2. The van der Waals surface area contributed by atoms with Crippen LogP contribution in [0, 0.1) is 0 Å². The van der Waals surface area contributed by atoms with E-state index in [-0.39, 0.29) is 5.91 Å². The zero-order valence-electron chi connectivity index (χ0n) is 7.65. The highest BCUT2D eigenvalue weighted by Gasteiger charge is 2.12. The monoisotopic (exact) mass is 212 g/mol. The Morgan fingerprint density at radius 2 is 2.36 bits per heavy atom. The lowest BCUT2D eigenvalue weighted by Crippen LogP contribution is -2.47. The van der Waals surface area contributed by atoms with Crippen molar-refractivity contribution in [2.75, 3.05) is 0 Å². The van der Waals surface area contributed by atoms with Gasteiger partial charge in [-0.3, -0.25) is 4.79 Å². The molecule has 0 bridgehead atoms. The summed E-state index contributed by atoms with van der Waals surface area (Å²) in [5, 5.41) is 14.6. The minimum atomic E-state index is -1.25. The van der Waals surface area contributed by atoms with E-state index in [1.54, 1.807) is 24.4 Å². The molecule has 1 atom stereocenters. The number of hydrogen-bond acceptors (Lipinski definition) is 4. The molecule has 1 aromatic rings. The van der Waals surface area contributed by atoms with Crippen LogP contribution in [0.15, 0.2) is 17.5 Å². The average molecular weight is 212 g/mol. The number of carboxylic acids is 1. The van der Waals surface area contributed by atoms with Gasteiger partial charge in [0.25, 0.3) is 5.91 Å². The summed E-state index contributed by atoms with van der Waals surface area (Å²) in [5.41, 5.74) is 0. The Morgan fingerprint density at radius 3 is 2.79 bits per heavy atom. The Balaban J connectivity index is 2.60. The maximum atomic E-state index is 11.4. The first kappa shape index (κ1) is 10.7. The Kier molecular flexibility index (Phi) is 3.64. The molecule has 0 saturated heterocycles. The first-order valence-electron chi connectivity index (χ1n) is 4.20. The van der Waals surface area contributed by atoms with Crippen molar-refractivity contribution >= 4 is 23.2 Å². The molecule has 0 aromatic carbocycles. The second-order valence-corrected chi connectivity index (χ2v) is 3.68. The van der Waals surface area contributed by atoms with Crippen molar-refractivity contribution in [1.82, 2.24) is 5.32 Å². The molecular formula is C9H10NO3S-. The fourth-order valence-corrected chi connectivity index (χ4v) is 1.59. The second-order valence-electron chi connectivity index (χ2n) is 2.73. The summed E-state index contributed by atoms with van der Waals surface area (Å²) in [5.74, 6) is -1.62. The molecule has 0 unspecified atom stereocenters. The number of rotatable bonds is 4. The van der Waals surface area contributed by atoms with E-state index in [1.165, 1.54) is 11.3 Å². The normalized spacial score (nSPS) is 12.1. The lowest BCUT2D eigenvalue weighted by molar-refractivity contribution is -0.308. The molecule has 1 aromatic heterocycles. The van der Waals surface area contributed by atoms with Crippen molar-refractivity contribution in [3.8, 4) is 0 Å². The average Bonchev–Trinajstić information content (AvgIpc) is 2.65. The fraction of sp³-hybridized carbons (Fsp3) is 0.333. The van der Waals surface area contributed by atoms with Gasteiger partial charge in [-0.25, -0.2) is 0 Å². The quantitative estimate of drug-likeness (QED) is 0.764. The van der Waals surface area contributed by atoms with Gasteiger partial charge in [-0.05, 0) is 17.9 Å². The number of carboxylic acid groups (broad SMARTS) is 1. The molecule has 5 heteroatoms. The predicted molar refractivity (Wildman–Crippen MR) is 50.9 cm³/mol. The molecule has 1 N–H and O–H groups in total. The smallest absolute Gasteiger partial charge is 0.261 e. The van der Waals surface area contributed by atoms with Crippen molar-refractivity contribution in [3.63, 3.8) is 0 Å². The molecule has 0 aliphatic rings. The first-order chi connectivity index (χ1) is 6.65. The van der Waals surface area contributed by atoms with Gasteiger partial charge in [-0.2, -0.15) is 0 Å². The number of amides is 1. The van der Waals surface area contributed by atoms with Crippen LogP contribution >= 0.6 is 11.3 Å². The number of hydrogen-bond donors (Lipinski definition) is 1. The van der Waals surface area contributed by atoms with Gasteiger partial charge in [0.15, 0.2) is 0 Å². The molecule has 0 saturated carbocycles. The summed E-state index contributed by atoms with van der Waals surface area (Å²) < 4.78 is 0. The summed E-state index contributed by atoms with van der Waals surface area (Å²) in [6, 6.07) is 2.46. The predicted octanol–water partition coefficient (Wildman–Crippen LogP) is 0.00640. The van der Waals surface area contributed by atoms with Crippen LogP contribution in [0.5, 0.6) is 0 Å². The van der Waals surface area contributed by atoms with Crippen LogP contribution in [-0.4, -0.2) is 17.9 Å². The van der Waals surface area contributed by atoms with Gasteiger partial charge in [-0.1, -0.05) is 13.0 Å². The maximum absolute atomic E-state index is 11.4. The highest BCUT2D eigenvalue weighted by atomic mass is 32.1. The Labute approximate surface area is 85.6 Å². The summed E-state index contributed by atoms with van der Waals surface area (Å²) in [6.07, 6.45) is 0.319. The van der Waals surface area contributed by atoms with Gasteiger partial charge in [0.1, 0.15) is 0 Å². The van der Waals surface area contributed by atoms with E-state index in [9.17, 15) is 14.7 Å². The standard InChI is InChI=1S/C9H11NO3S/c1-2-6(9(12)13)10-8(11)7-4-3-5-14-7/h3-6H,2H2,1H3,(H,10,11)(H,12,13)/p-1/t6-/m0/s1. The van der Waals surface area contributed by atoms with Crippen LogP contribution in [0.1, 0.15) is 23.0 Å². The second kappa shape index (κ2) is 4.76. The summed E-state index contributed by atoms with van der Waals surface area (Å²) >= 11 is 1.27. The molecule has 0 aliphatic heterocycles. The molecule has 0 spiro atoms. The third kappa shape index (κ3) is 2.56. The summed E-state index contributed by atoms with van der Waals surface area (Å²) in [6.45, 7) is 1.68. The van der Waals surface area contributed by atoms with E-state index in [0.29, 0.717) is 11.3 Å². The highest BCUT2D eigenvalue weighted by Crippen LogP contribution is 2.08. The number of aliphatic carboxylic acids is 1. The Morgan fingerprint density at radius 1 is 1.64 bits per heavy atom. The first-order valence-corrected chi connectivity index (χ1v) is 5.08. The van der Waals surface area contributed by atoms with Gasteiger partial charge in [-0.15, -0.1) is 11.3 Å². The van der Waals surface area contributed by atoms with E-state index in [1.807, 2.05) is 0 Å². The number of nitrogens with one attached hydrogen (secondary N) is 1. The minimum Gasteiger partial charge on any atom is -0.548 e. The fourth-order valence-electron chi connectivity index (χ4n) is 0.965. The van der Waals surface area contributed by atoms with Crippen LogP contribution < -0.4 is 10.4 Å². The van der Waals surface area contributed by atoms with Gasteiger partial charge in [0.2, 0.25) is 0 Å². The lowest BCUT2D eigenvalue weighted by atomic mass is 10.2. The Bertz CT molecular complexity index is 321. The molecule has 4 nitrogen and oxygen atoms in total. The molecule has 14 heavy (non-hydrogen) atoms. The van der Waals surface area contributed by atoms with Crippen LogP contribution in [0.4, 0.5) is 0 Å². The summed E-state index contributed by atoms with van der Waals surface area (Å²) in [7, 11) is 0. The molecule has 1 rings (SSSR count). The minimum absolute atomic E-state index is 0.319. The lowest BCUT2D eigenvalue weighted by Gasteiger charge is -2.16. The molecule has 0 aliphatic carbocycles. The SMILES string of the molecule is CC[C@H](NC(=O)c1cccs1)C(=O)[O-]. The van der Waals surface area contributed by atoms with Crippen molar-refractivity contribution in [3.05, 3.63) is 22.4 Å². The molecular weight excluding hydrogens is 202 g/mol. The van der Waals surface area contributed by atoms with Gasteiger partial charge < -0.3 is 15.2 Å². The molecule has 76 valence electrons. The van der Waals surface area contributed by atoms with E-state index in [0.717, 1.165) is 0 Å². The van der Waals surface area contributed by atoms with E-state index in [4.69, 9.17) is 0 Å². The summed E-state index contributed by atoms with van der Waals surface area (Å²) in [4.78, 5) is 22.4. The van der Waals surface area contributed by atoms with Gasteiger partial charge in [0, 0.05) is 0 Å². The third-order valence-corrected chi connectivity index (χ3v) is 2.61. The van der Waals surface area contributed by atoms with Gasteiger partial charge >= 0.3 is 0 Å². The van der Waals surface area contributed by atoms with Crippen molar-refractivity contribution in [1.29, 1.82) is 0 Å². The van der Waals surface area contributed by atoms with Crippen LogP contribution in [0.2, 0.25) is 0 Å². The van der Waals surface area contributed by atoms with E-state index >= 15 is 0 Å². The van der Waals surface area contributed by atoms with Crippen LogP contribution in [0.25, 0.3) is 0 Å². The van der Waals surface area contributed by atoms with Crippen molar-refractivity contribution in [2.45, 2.75) is 19.4 Å². The largest absolute Gasteiger partial charge is 0.548 e. The van der Waals surface area contributed by atoms with E-state index in [2.05, 4.69) is 5.32 Å². The van der Waals surface area contributed by atoms with Crippen LogP contribution in [-0.2, 0) is 4.79 Å². The number of carbonyl (C=O) groups is 2. The molecule has 0 fully saturated rings. The molecule has 1 heterocycles. The molecule has 0 radical (unpaired) electrons. The van der Waals surface area contributed by atoms with Crippen molar-refractivity contribution < 1.29 is 14.7 Å². The maximum Gasteiger partial charge on any atom is 0.261 e. The van der Waals surface area contributed by atoms with Crippen LogP contribution in [0.3, 0.4) is 0 Å². The topological polar surface area (TPSA) is 69.2 Å². The molecule has 1 amide bonds. The zero-order chi connectivity index (χ0) is 10.6. The third-order valence-electron chi connectivity index (χ3n) is 1.74.